The van der Waals surface area contributed by atoms with Gasteiger partial charge in [-0.2, -0.15) is 0 Å². The minimum Gasteiger partial charge on any atom is -0.497 e. The summed E-state index contributed by atoms with van der Waals surface area (Å²) in [5.41, 5.74) is 2.52. The van der Waals surface area contributed by atoms with Crippen molar-refractivity contribution in [2.75, 3.05) is 27.3 Å². The summed E-state index contributed by atoms with van der Waals surface area (Å²) >= 11 is 0. The predicted molar refractivity (Wildman–Crippen MR) is 110 cm³/mol. The van der Waals surface area contributed by atoms with Gasteiger partial charge in [-0.15, -0.1) is 0 Å². The molecule has 3 aromatic rings. The molecule has 1 atom stereocenters. The number of aromatic amines is 1. The lowest BCUT2D eigenvalue weighted by molar-refractivity contribution is 0.314. The lowest BCUT2D eigenvalue weighted by atomic mass is 10.1. The van der Waals surface area contributed by atoms with Crippen LogP contribution in [0.25, 0.3) is 11.3 Å². The number of hydrogen-bond donors (Lipinski definition) is 1. The Morgan fingerprint density at radius 2 is 1.97 bits per heavy atom. The largest absolute Gasteiger partial charge is 0.497 e. The average molecular weight is 392 g/mol. The van der Waals surface area contributed by atoms with E-state index < -0.39 is 0 Å². The first-order valence-corrected chi connectivity index (χ1v) is 9.61. The van der Waals surface area contributed by atoms with E-state index in [0.29, 0.717) is 5.69 Å². The molecule has 1 aliphatic heterocycles. The van der Waals surface area contributed by atoms with Crippen molar-refractivity contribution in [2.24, 2.45) is 0 Å². The van der Waals surface area contributed by atoms with Gasteiger partial charge in [-0.25, -0.2) is 4.98 Å². The number of likely N-dealkylation sites (tertiary alicyclic amines) is 1. The van der Waals surface area contributed by atoms with E-state index in [1.807, 2.05) is 30.3 Å². The van der Waals surface area contributed by atoms with Crippen molar-refractivity contribution < 1.29 is 9.47 Å². The van der Waals surface area contributed by atoms with Gasteiger partial charge in [0.05, 0.1) is 19.9 Å². The fourth-order valence-corrected chi connectivity index (χ4v) is 3.79. The highest BCUT2D eigenvalue weighted by Crippen LogP contribution is 2.30. The van der Waals surface area contributed by atoms with Crippen LogP contribution in [0.3, 0.4) is 0 Å². The highest BCUT2D eigenvalue weighted by molar-refractivity contribution is 5.57. The van der Waals surface area contributed by atoms with Crippen LogP contribution in [0.1, 0.15) is 23.7 Å². The van der Waals surface area contributed by atoms with Crippen LogP contribution in [0.5, 0.6) is 11.5 Å². The lowest BCUT2D eigenvalue weighted by Crippen LogP contribution is -2.21. The molecule has 0 unspecified atom stereocenters. The van der Waals surface area contributed by atoms with Crippen LogP contribution >= 0.6 is 0 Å². The number of ether oxygens (including phenoxy) is 2. The number of H-pyrrole nitrogens is 1. The number of benzene rings is 1. The molecule has 7 heteroatoms. The third-order valence-electron chi connectivity index (χ3n) is 5.28. The van der Waals surface area contributed by atoms with E-state index >= 15 is 0 Å². The molecule has 2 aromatic heterocycles. The Kier molecular flexibility index (Phi) is 5.57. The maximum atomic E-state index is 12.2. The maximum absolute atomic E-state index is 12.2. The molecule has 1 saturated heterocycles. The molecule has 0 amide bonds. The summed E-state index contributed by atoms with van der Waals surface area (Å²) < 4.78 is 10.8. The van der Waals surface area contributed by atoms with E-state index in [-0.39, 0.29) is 11.5 Å². The van der Waals surface area contributed by atoms with Crippen LogP contribution in [0.4, 0.5) is 0 Å². The van der Waals surface area contributed by atoms with Crippen molar-refractivity contribution in [2.45, 2.75) is 18.9 Å². The van der Waals surface area contributed by atoms with Crippen molar-refractivity contribution >= 4 is 0 Å². The molecule has 0 radical (unpaired) electrons. The molecule has 4 rings (SSSR count). The Balaban J connectivity index is 1.52. The molecule has 1 N–H and O–H groups in total. The monoisotopic (exact) mass is 392 g/mol. The van der Waals surface area contributed by atoms with E-state index in [0.717, 1.165) is 54.5 Å². The molecular formula is C22H24N4O3. The van der Waals surface area contributed by atoms with Crippen LogP contribution in [0, 0.1) is 0 Å². The fourth-order valence-electron chi connectivity index (χ4n) is 3.79. The van der Waals surface area contributed by atoms with Crippen LogP contribution in [0.2, 0.25) is 0 Å². The minimum atomic E-state index is -0.130. The Morgan fingerprint density at radius 1 is 1.14 bits per heavy atom. The first-order chi connectivity index (χ1) is 14.2. The minimum absolute atomic E-state index is 0.130. The Morgan fingerprint density at radius 3 is 2.72 bits per heavy atom. The van der Waals surface area contributed by atoms with Gasteiger partial charge in [-0.1, -0.05) is 0 Å². The molecule has 7 nitrogen and oxygen atoms in total. The average Bonchev–Trinajstić information content (AvgIpc) is 3.22. The van der Waals surface area contributed by atoms with Gasteiger partial charge in [0.25, 0.3) is 5.56 Å². The lowest BCUT2D eigenvalue weighted by Gasteiger charge is -2.18. The SMILES string of the molecule is COc1ccc(OC)c(CN2CC[C@@H](c3nc(-c4ccncc4)cc(=O)[nH]3)C2)c1. The number of nitrogens with zero attached hydrogens (tertiary/aromatic N) is 3. The normalized spacial score (nSPS) is 16.7. The molecular weight excluding hydrogens is 368 g/mol. The van der Waals surface area contributed by atoms with Gasteiger partial charge in [-0.3, -0.25) is 14.7 Å². The van der Waals surface area contributed by atoms with E-state index in [1.54, 1.807) is 26.6 Å². The molecule has 0 aliphatic carbocycles. The summed E-state index contributed by atoms with van der Waals surface area (Å²) in [6.45, 7) is 2.50. The quantitative estimate of drug-likeness (QED) is 0.695. The molecule has 3 heterocycles. The summed E-state index contributed by atoms with van der Waals surface area (Å²) in [7, 11) is 3.34. The first-order valence-electron chi connectivity index (χ1n) is 9.61. The predicted octanol–water partition coefficient (Wildman–Crippen LogP) is 2.84. The third-order valence-corrected chi connectivity index (χ3v) is 5.28. The molecule has 0 spiro atoms. The number of methoxy groups -OCH3 is 2. The molecule has 1 aromatic carbocycles. The number of hydrogen-bond acceptors (Lipinski definition) is 6. The Labute approximate surface area is 169 Å². The number of nitrogens with one attached hydrogen (secondary N) is 1. The standard InChI is InChI=1S/C22H24N4O3/c1-28-18-3-4-20(29-2)17(11-18)14-26-10-7-16(13-26)22-24-19(12-21(27)25-22)15-5-8-23-9-6-15/h3-6,8-9,11-12,16H,7,10,13-14H2,1-2H3,(H,24,25,27)/t16-/m1/s1. The van der Waals surface area contributed by atoms with E-state index in [9.17, 15) is 4.79 Å². The zero-order valence-electron chi connectivity index (χ0n) is 16.6. The number of pyridine rings is 1. The summed E-state index contributed by atoms with van der Waals surface area (Å²) in [4.78, 5) is 26.3. The van der Waals surface area contributed by atoms with E-state index in [1.165, 1.54) is 6.07 Å². The van der Waals surface area contributed by atoms with Gasteiger partial charge in [0.15, 0.2) is 0 Å². The summed E-state index contributed by atoms with van der Waals surface area (Å²) in [6, 6.07) is 11.1. The van der Waals surface area contributed by atoms with E-state index in [2.05, 4.69) is 14.9 Å². The van der Waals surface area contributed by atoms with Crippen LogP contribution in [-0.4, -0.2) is 47.2 Å². The second-order valence-electron chi connectivity index (χ2n) is 7.15. The fraction of sp³-hybridized carbons (Fsp3) is 0.318. The molecule has 1 aliphatic rings. The second kappa shape index (κ2) is 8.45. The van der Waals surface area contributed by atoms with Gasteiger partial charge in [0.1, 0.15) is 17.3 Å². The van der Waals surface area contributed by atoms with Crippen LogP contribution in [-0.2, 0) is 6.54 Å². The highest BCUT2D eigenvalue weighted by Gasteiger charge is 2.27. The third kappa shape index (κ3) is 4.30. The van der Waals surface area contributed by atoms with Crippen LogP contribution in [0.15, 0.2) is 53.6 Å². The van der Waals surface area contributed by atoms with Crippen molar-refractivity contribution in [3.8, 4) is 22.8 Å². The van der Waals surface area contributed by atoms with Crippen molar-refractivity contribution in [3.05, 3.63) is 70.5 Å². The molecule has 150 valence electrons. The zero-order valence-corrected chi connectivity index (χ0v) is 16.6. The first kappa shape index (κ1) is 19.1. The Hall–Kier alpha value is -3.19. The van der Waals surface area contributed by atoms with Crippen molar-refractivity contribution in [3.63, 3.8) is 0 Å². The van der Waals surface area contributed by atoms with Gasteiger partial charge in [0, 0.05) is 48.6 Å². The van der Waals surface area contributed by atoms with Gasteiger partial charge >= 0.3 is 0 Å². The summed E-state index contributed by atoms with van der Waals surface area (Å²) in [5.74, 6) is 2.58. The molecule has 0 saturated carbocycles. The molecule has 1 fully saturated rings. The topological polar surface area (TPSA) is 80.3 Å². The number of aromatic nitrogens is 3. The van der Waals surface area contributed by atoms with Crippen LogP contribution < -0.4 is 15.0 Å². The van der Waals surface area contributed by atoms with Gasteiger partial charge in [-0.05, 0) is 43.3 Å². The van der Waals surface area contributed by atoms with Gasteiger partial charge in [0.2, 0.25) is 0 Å². The number of rotatable bonds is 6. The van der Waals surface area contributed by atoms with Crippen molar-refractivity contribution in [1.82, 2.24) is 19.9 Å². The molecule has 0 bridgehead atoms. The Bertz CT molecular complexity index is 1040. The van der Waals surface area contributed by atoms with Crippen molar-refractivity contribution in [1.29, 1.82) is 0 Å². The second-order valence-corrected chi connectivity index (χ2v) is 7.15. The maximum Gasteiger partial charge on any atom is 0.251 e. The zero-order chi connectivity index (χ0) is 20.2. The summed E-state index contributed by atoms with van der Waals surface area (Å²) in [5, 5.41) is 0. The van der Waals surface area contributed by atoms with Gasteiger partial charge < -0.3 is 14.5 Å². The smallest absolute Gasteiger partial charge is 0.251 e. The highest BCUT2D eigenvalue weighted by atomic mass is 16.5. The molecule has 29 heavy (non-hydrogen) atoms. The van der Waals surface area contributed by atoms with E-state index in [4.69, 9.17) is 14.5 Å². The summed E-state index contributed by atoms with van der Waals surface area (Å²) in [6.07, 6.45) is 4.35.